The summed E-state index contributed by atoms with van der Waals surface area (Å²) in [5.74, 6) is 1.59. The average Bonchev–Trinajstić information content (AvgIpc) is 2.86. The van der Waals surface area contributed by atoms with Crippen molar-refractivity contribution in [3.05, 3.63) is 23.8 Å². The molecule has 0 saturated heterocycles. The highest BCUT2D eigenvalue weighted by atomic mass is 16.7. The Kier molecular flexibility index (Phi) is 5.01. The van der Waals surface area contributed by atoms with Gasteiger partial charge in [-0.3, -0.25) is 0 Å². The summed E-state index contributed by atoms with van der Waals surface area (Å²) in [6.07, 6.45) is 0.254. The molecule has 2 unspecified atom stereocenters. The van der Waals surface area contributed by atoms with Crippen molar-refractivity contribution in [1.82, 2.24) is 5.32 Å². The predicted octanol–water partition coefficient (Wildman–Crippen LogP) is 1.46. The highest BCUT2D eigenvalue weighted by molar-refractivity contribution is 5.45. The SMILES string of the molecule is COCC(O)CCNC(C)c1ccc2c(c1)OCO2. The highest BCUT2D eigenvalue weighted by Crippen LogP contribution is 2.34. The van der Waals surface area contributed by atoms with E-state index in [9.17, 15) is 5.11 Å². The Hall–Kier alpha value is -1.30. The van der Waals surface area contributed by atoms with Gasteiger partial charge >= 0.3 is 0 Å². The summed E-state index contributed by atoms with van der Waals surface area (Å²) in [6, 6.07) is 6.14. The Labute approximate surface area is 113 Å². The van der Waals surface area contributed by atoms with E-state index in [1.807, 2.05) is 18.2 Å². The third-order valence-electron chi connectivity index (χ3n) is 3.18. The van der Waals surface area contributed by atoms with E-state index in [0.717, 1.165) is 23.6 Å². The summed E-state index contributed by atoms with van der Waals surface area (Å²) in [5.41, 5.74) is 1.14. The molecule has 0 aromatic heterocycles. The largest absolute Gasteiger partial charge is 0.454 e. The number of hydrogen-bond donors (Lipinski definition) is 2. The highest BCUT2D eigenvalue weighted by Gasteiger charge is 2.15. The first-order chi connectivity index (χ1) is 9.20. The van der Waals surface area contributed by atoms with Gasteiger partial charge < -0.3 is 24.6 Å². The Morgan fingerprint density at radius 3 is 2.95 bits per heavy atom. The summed E-state index contributed by atoms with van der Waals surface area (Å²) in [5, 5.41) is 12.9. The van der Waals surface area contributed by atoms with Crippen molar-refractivity contribution in [2.24, 2.45) is 0 Å². The Bertz CT molecular complexity index is 410. The van der Waals surface area contributed by atoms with Gasteiger partial charge in [0, 0.05) is 13.2 Å². The fourth-order valence-electron chi connectivity index (χ4n) is 2.04. The van der Waals surface area contributed by atoms with Gasteiger partial charge in [-0.25, -0.2) is 0 Å². The van der Waals surface area contributed by atoms with E-state index in [1.54, 1.807) is 7.11 Å². The maximum Gasteiger partial charge on any atom is 0.231 e. The van der Waals surface area contributed by atoms with Crippen LogP contribution < -0.4 is 14.8 Å². The second-order valence-electron chi connectivity index (χ2n) is 4.69. The minimum absolute atomic E-state index is 0.198. The van der Waals surface area contributed by atoms with Crippen molar-refractivity contribution in [3.63, 3.8) is 0 Å². The number of ether oxygens (including phenoxy) is 3. The third kappa shape index (κ3) is 3.83. The zero-order valence-electron chi connectivity index (χ0n) is 11.4. The maximum absolute atomic E-state index is 9.56. The number of aliphatic hydroxyl groups excluding tert-OH is 1. The van der Waals surface area contributed by atoms with Crippen LogP contribution in [0.5, 0.6) is 11.5 Å². The molecule has 0 bridgehead atoms. The molecule has 0 saturated carbocycles. The van der Waals surface area contributed by atoms with Crippen molar-refractivity contribution < 1.29 is 19.3 Å². The molecule has 2 N–H and O–H groups in total. The van der Waals surface area contributed by atoms with E-state index in [0.29, 0.717) is 19.8 Å². The van der Waals surface area contributed by atoms with Crippen LogP contribution >= 0.6 is 0 Å². The normalized spacial score (nSPS) is 16.4. The van der Waals surface area contributed by atoms with Gasteiger partial charge in [0.15, 0.2) is 11.5 Å². The monoisotopic (exact) mass is 267 g/mol. The van der Waals surface area contributed by atoms with Gasteiger partial charge in [0.25, 0.3) is 0 Å². The fourth-order valence-corrected chi connectivity index (χ4v) is 2.04. The molecular formula is C14H21NO4. The molecule has 5 nitrogen and oxygen atoms in total. The zero-order chi connectivity index (χ0) is 13.7. The molecule has 1 aromatic rings. The predicted molar refractivity (Wildman–Crippen MR) is 71.5 cm³/mol. The second kappa shape index (κ2) is 6.75. The topological polar surface area (TPSA) is 60.0 Å². The van der Waals surface area contributed by atoms with Gasteiger partial charge in [-0.1, -0.05) is 6.07 Å². The van der Waals surface area contributed by atoms with E-state index >= 15 is 0 Å². The van der Waals surface area contributed by atoms with E-state index in [1.165, 1.54) is 0 Å². The summed E-state index contributed by atoms with van der Waals surface area (Å²) >= 11 is 0. The number of rotatable bonds is 7. The molecule has 0 amide bonds. The Morgan fingerprint density at radius 1 is 1.37 bits per heavy atom. The first-order valence-electron chi connectivity index (χ1n) is 6.50. The van der Waals surface area contributed by atoms with Crippen LogP contribution in [0.3, 0.4) is 0 Å². The molecule has 5 heteroatoms. The van der Waals surface area contributed by atoms with Gasteiger partial charge in [-0.2, -0.15) is 0 Å². The molecule has 1 aliphatic rings. The van der Waals surface area contributed by atoms with E-state index in [-0.39, 0.29) is 6.04 Å². The molecule has 0 aliphatic carbocycles. The molecule has 0 fully saturated rings. The van der Waals surface area contributed by atoms with Crippen LogP contribution in [0.15, 0.2) is 18.2 Å². The number of fused-ring (bicyclic) bond motifs is 1. The number of hydrogen-bond acceptors (Lipinski definition) is 5. The van der Waals surface area contributed by atoms with Crippen LogP contribution in [0, 0.1) is 0 Å². The van der Waals surface area contributed by atoms with E-state index < -0.39 is 6.10 Å². The zero-order valence-corrected chi connectivity index (χ0v) is 11.4. The Morgan fingerprint density at radius 2 is 2.16 bits per heavy atom. The third-order valence-corrected chi connectivity index (χ3v) is 3.18. The number of aliphatic hydroxyl groups is 1. The molecule has 2 atom stereocenters. The molecular weight excluding hydrogens is 246 g/mol. The molecule has 106 valence electrons. The number of nitrogens with one attached hydrogen (secondary N) is 1. The molecule has 1 aromatic carbocycles. The van der Waals surface area contributed by atoms with E-state index in [2.05, 4.69) is 12.2 Å². The first-order valence-corrected chi connectivity index (χ1v) is 6.50. The van der Waals surface area contributed by atoms with Gasteiger partial charge in [-0.15, -0.1) is 0 Å². The molecule has 1 heterocycles. The fraction of sp³-hybridized carbons (Fsp3) is 0.571. The van der Waals surface area contributed by atoms with E-state index in [4.69, 9.17) is 14.2 Å². The molecule has 2 rings (SSSR count). The van der Waals surface area contributed by atoms with Gasteiger partial charge in [0.1, 0.15) is 0 Å². The lowest BCUT2D eigenvalue weighted by molar-refractivity contribution is 0.0590. The smallest absolute Gasteiger partial charge is 0.231 e. The summed E-state index contributed by atoms with van der Waals surface area (Å²) in [6.45, 7) is 3.49. The maximum atomic E-state index is 9.56. The summed E-state index contributed by atoms with van der Waals surface area (Å²) in [7, 11) is 1.59. The van der Waals surface area contributed by atoms with Crippen molar-refractivity contribution in [2.75, 3.05) is 27.1 Å². The summed E-state index contributed by atoms with van der Waals surface area (Å²) < 4.78 is 15.5. The molecule has 0 spiro atoms. The molecule has 19 heavy (non-hydrogen) atoms. The van der Waals surface area contributed by atoms with Crippen LogP contribution in [0.25, 0.3) is 0 Å². The van der Waals surface area contributed by atoms with Gasteiger partial charge in [-0.05, 0) is 37.6 Å². The Balaban J connectivity index is 1.81. The van der Waals surface area contributed by atoms with Crippen LogP contribution in [0.2, 0.25) is 0 Å². The average molecular weight is 267 g/mol. The lowest BCUT2D eigenvalue weighted by Gasteiger charge is -2.16. The van der Waals surface area contributed by atoms with Crippen LogP contribution in [0.4, 0.5) is 0 Å². The quantitative estimate of drug-likeness (QED) is 0.783. The summed E-state index contributed by atoms with van der Waals surface area (Å²) in [4.78, 5) is 0. The number of benzene rings is 1. The molecule has 0 radical (unpaired) electrons. The van der Waals surface area contributed by atoms with Crippen molar-refractivity contribution in [3.8, 4) is 11.5 Å². The standard InChI is InChI=1S/C14H21NO4/c1-10(15-6-5-12(16)8-17-2)11-3-4-13-14(7-11)19-9-18-13/h3-4,7,10,12,15-16H,5-6,8-9H2,1-2H3. The minimum Gasteiger partial charge on any atom is -0.454 e. The molecule has 1 aliphatic heterocycles. The van der Waals surface area contributed by atoms with Gasteiger partial charge in [0.2, 0.25) is 6.79 Å². The number of methoxy groups -OCH3 is 1. The lowest BCUT2D eigenvalue weighted by Crippen LogP contribution is -2.25. The lowest BCUT2D eigenvalue weighted by atomic mass is 10.1. The first kappa shape index (κ1) is 14.1. The van der Waals surface area contributed by atoms with Crippen molar-refractivity contribution >= 4 is 0 Å². The minimum atomic E-state index is -0.415. The van der Waals surface area contributed by atoms with Crippen molar-refractivity contribution in [2.45, 2.75) is 25.5 Å². The van der Waals surface area contributed by atoms with Crippen LogP contribution in [-0.4, -0.2) is 38.3 Å². The second-order valence-corrected chi connectivity index (χ2v) is 4.69. The van der Waals surface area contributed by atoms with Crippen LogP contribution in [0.1, 0.15) is 24.9 Å². The van der Waals surface area contributed by atoms with Crippen molar-refractivity contribution in [1.29, 1.82) is 0 Å². The van der Waals surface area contributed by atoms with Crippen LogP contribution in [-0.2, 0) is 4.74 Å². The van der Waals surface area contributed by atoms with Gasteiger partial charge in [0.05, 0.1) is 12.7 Å².